The van der Waals surface area contributed by atoms with Gasteiger partial charge in [-0.25, -0.2) is 8.42 Å². The van der Waals surface area contributed by atoms with Crippen LogP contribution in [0.1, 0.15) is 16.7 Å². The number of sulfonamides is 1. The predicted molar refractivity (Wildman–Crippen MR) is 82.3 cm³/mol. The van der Waals surface area contributed by atoms with Crippen molar-refractivity contribution in [1.82, 2.24) is 0 Å². The predicted octanol–water partition coefficient (Wildman–Crippen LogP) is 3.48. The second-order valence-corrected chi connectivity index (χ2v) is 6.50. The van der Waals surface area contributed by atoms with Gasteiger partial charge in [0.15, 0.2) is 0 Å². The van der Waals surface area contributed by atoms with Crippen molar-refractivity contribution in [3.8, 4) is 11.8 Å². The summed E-state index contributed by atoms with van der Waals surface area (Å²) in [6.45, 7) is 0. The zero-order chi connectivity index (χ0) is 17.1. The number of nitrogens with one attached hydrogen (secondary N) is 1. The monoisotopic (exact) mass is 339 g/mol. The minimum absolute atomic E-state index is 0.00364. The molecule has 0 saturated heterocycles. The maximum absolute atomic E-state index is 12.8. The van der Waals surface area contributed by atoms with Crippen molar-refractivity contribution in [2.24, 2.45) is 0 Å². The molecule has 0 amide bonds. The molecule has 0 atom stereocenters. The molecule has 2 rings (SSSR count). The van der Waals surface area contributed by atoms with E-state index in [2.05, 4.69) is 16.6 Å². The molecule has 0 aliphatic carbocycles. The molecule has 0 bridgehead atoms. The van der Waals surface area contributed by atoms with Gasteiger partial charge in [-0.1, -0.05) is 30.0 Å². The summed E-state index contributed by atoms with van der Waals surface area (Å²) >= 11 is 0. The van der Waals surface area contributed by atoms with E-state index in [1.807, 2.05) is 0 Å². The summed E-state index contributed by atoms with van der Waals surface area (Å²) in [7, 11) is -3.63. The highest BCUT2D eigenvalue weighted by Crippen LogP contribution is 2.31. The topological polar surface area (TPSA) is 46.2 Å². The smallest absolute Gasteiger partial charge is 0.283 e. The maximum atomic E-state index is 12.8. The SMILES string of the molecule is CS(=O)(=O)Nc1ccc(C(F)(F)F)cc1C#Cc1ccccc1. The Hall–Kier alpha value is -2.46. The van der Waals surface area contributed by atoms with Crippen LogP contribution in [0.25, 0.3) is 0 Å². The summed E-state index contributed by atoms with van der Waals surface area (Å²) < 4.78 is 63.3. The van der Waals surface area contributed by atoms with Gasteiger partial charge in [-0.3, -0.25) is 4.72 Å². The van der Waals surface area contributed by atoms with E-state index in [0.717, 1.165) is 24.5 Å². The van der Waals surface area contributed by atoms with Crippen LogP contribution in [-0.4, -0.2) is 14.7 Å². The lowest BCUT2D eigenvalue weighted by Gasteiger charge is -2.11. The lowest BCUT2D eigenvalue weighted by molar-refractivity contribution is -0.137. The second kappa shape index (κ2) is 6.34. The third kappa shape index (κ3) is 5.04. The van der Waals surface area contributed by atoms with Crippen LogP contribution >= 0.6 is 0 Å². The van der Waals surface area contributed by atoms with Crippen LogP contribution in [0.2, 0.25) is 0 Å². The van der Waals surface area contributed by atoms with E-state index in [1.165, 1.54) is 0 Å². The summed E-state index contributed by atoms with van der Waals surface area (Å²) in [5.41, 5.74) is -0.331. The van der Waals surface area contributed by atoms with Crippen molar-refractivity contribution in [2.45, 2.75) is 6.18 Å². The summed E-state index contributed by atoms with van der Waals surface area (Å²) in [6.07, 6.45) is -3.62. The van der Waals surface area contributed by atoms with Crippen molar-refractivity contribution in [2.75, 3.05) is 11.0 Å². The fraction of sp³-hybridized carbons (Fsp3) is 0.125. The molecule has 0 aromatic heterocycles. The van der Waals surface area contributed by atoms with Crippen LogP contribution in [0.15, 0.2) is 48.5 Å². The van der Waals surface area contributed by atoms with Gasteiger partial charge in [0.1, 0.15) is 0 Å². The van der Waals surface area contributed by atoms with E-state index >= 15 is 0 Å². The molecule has 0 spiro atoms. The molecule has 0 fully saturated rings. The highest BCUT2D eigenvalue weighted by molar-refractivity contribution is 7.92. The first-order chi connectivity index (χ1) is 10.6. The van der Waals surface area contributed by atoms with Gasteiger partial charge in [0.25, 0.3) is 0 Å². The molecular weight excluding hydrogens is 327 g/mol. The van der Waals surface area contributed by atoms with Gasteiger partial charge >= 0.3 is 6.18 Å². The highest BCUT2D eigenvalue weighted by atomic mass is 32.2. The first-order valence-electron chi connectivity index (χ1n) is 6.41. The normalized spacial score (nSPS) is 11.5. The van der Waals surface area contributed by atoms with Gasteiger partial charge in [-0.15, -0.1) is 0 Å². The Bertz CT molecular complexity index is 864. The van der Waals surface area contributed by atoms with Gasteiger partial charge in [-0.05, 0) is 30.3 Å². The Morgan fingerprint density at radius 3 is 2.22 bits per heavy atom. The first kappa shape index (κ1) is 16.9. The number of hydrogen-bond acceptors (Lipinski definition) is 2. The molecule has 0 saturated carbocycles. The third-order valence-corrected chi connectivity index (χ3v) is 3.35. The summed E-state index contributed by atoms with van der Waals surface area (Å²) in [4.78, 5) is 0. The fourth-order valence-corrected chi connectivity index (χ4v) is 2.35. The first-order valence-corrected chi connectivity index (χ1v) is 8.30. The van der Waals surface area contributed by atoms with Gasteiger partial charge < -0.3 is 0 Å². The lowest BCUT2D eigenvalue weighted by Crippen LogP contribution is -2.12. The molecule has 0 radical (unpaired) electrons. The highest BCUT2D eigenvalue weighted by Gasteiger charge is 2.31. The van der Waals surface area contributed by atoms with E-state index in [1.54, 1.807) is 30.3 Å². The largest absolute Gasteiger partial charge is 0.416 e. The Balaban J connectivity index is 2.51. The zero-order valence-corrected chi connectivity index (χ0v) is 12.8. The minimum atomic E-state index is -4.53. The Labute approximate surface area is 132 Å². The van der Waals surface area contributed by atoms with Crippen LogP contribution in [0.4, 0.5) is 18.9 Å². The van der Waals surface area contributed by atoms with E-state index in [0.29, 0.717) is 5.56 Å². The van der Waals surface area contributed by atoms with Crippen LogP contribution in [0.5, 0.6) is 0 Å². The van der Waals surface area contributed by atoms with Crippen LogP contribution in [0.3, 0.4) is 0 Å². The van der Waals surface area contributed by atoms with Gasteiger partial charge in [0.2, 0.25) is 10.0 Å². The fourth-order valence-electron chi connectivity index (χ4n) is 1.77. The summed E-state index contributed by atoms with van der Waals surface area (Å²) in [6, 6.07) is 11.3. The number of alkyl halides is 3. The molecule has 120 valence electrons. The third-order valence-electron chi connectivity index (χ3n) is 2.76. The maximum Gasteiger partial charge on any atom is 0.416 e. The molecule has 0 aliphatic rings. The van der Waals surface area contributed by atoms with E-state index < -0.39 is 21.8 Å². The Kier molecular flexibility index (Phi) is 4.66. The van der Waals surface area contributed by atoms with Crippen molar-refractivity contribution in [1.29, 1.82) is 0 Å². The average molecular weight is 339 g/mol. The van der Waals surface area contributed by atoms with E-state index in [-0.39, 0.29) is 11.3 Å². The van der Waals surface area contributed by atoms with Crippen molar-refractivity contribution >= 4 is 15.7 Å². The molecular formula is C16H12F3NO2S. The van der Waals surface area contributed by atoms with Crippen LogP contribution in [0, 0.1) is 11.8 Å². The molecule has 7 heteroatoms. The quantitative estimate of drug-likeness (QED) is 0.852. The van der Waals surface area contributed by atoms with Crippen molar-refractivity contribution < 1.29 is 21.6 Å². The second-order valence-electron chi connectivity index (χ2n) is 4.75. The van der Waals surface area contributed by atoms with Crippen LogP contribution < -0.4 is 4.72 Å². The number of hydrogen-bond donors (Lipinski definition) is 1. The van der Waals surface area contributed by atoms with Gasteiger partial charge in [-0.2, -0.15) is 13.2 Å². The Morgan fingerprint density at radius 1 is 1.00 bits per heavy atom. The van der Waals surface area contributed by atoms with Gasteiger partial charge in [0, 0.05) is 11.1 Å². The average Bonchev–Trinajstić information content (AvgIpc) is 2.44. The summed E-state index contributed by atoms with van der Waals surface area (Å²) in [5.74, 6) is 5.30. The summed E-state index contributed by atoms with van der Waals surface area (Å²) in [5, 5.41) is 0. The standard InChI is InChI=1S/C16H12F3NO2S/c1-23(21,22)20-15-10-9-14(16(17,18)19)11-13(15)8-7-12-5-3-2-4-6-12/h2-6,9-11,20H,1H3. The van der Waals surface area contributed by atoms with Gasteiger partial charge in [0.05, 0.1) is 17.5 Å². The number of rotatable bonds is 2. The lowest BCUT2D eigenvalue weighted by atomic mass is 10.1. The van der Waals surface area contributed by atoms with E-state index in [4.69, 9.17) is 0 Å². The molecule has 23 heavy (non-hydrogen) atoms. The molecule has 2 aromatic carbocycles. The molecule has 1 N–H and O–H groups in total. The Morgan fingerprint density at radius 2 is 1.65 bits per heavy atom. The molecule has 0 unspecified atom stereocenters. The van der Waals surface area contributed by atoms with Crippen molar-refractivity contribution in [3.63, 3.8) is 0 Å². The number of benzene rings is 2. The number of halogens is 3. The van der Waals surface area contributed by atoms with Crippen molar-refractivity contribution in [3.05, 3.63) is 65.2 Å². The van der Waals surface area contributed by atoms with E-state index in [9.17, 15) is 21.6 Å². The molecule has 0 heterocycles. The zero-order valence-electron chi connectivity index (χ0n) is 12.0. The molecule has 2 aromatic rings. The molecule has 3 nitrogen and oxygen atoms in total. The van der Waals surface area contributed by atoms with Crippen LogP contribution in [-0.2, 0) is 16.2 Å². The minimum Gasteiger partial charge on any atom is -0.283 e. The molecule has 0 aliphatic heterocycles. The number of anilines is 1.